The van der Waals surface area contributed by atoms with Gasteiger partial charge in [-0.2, -0.15) is 4.98 Å². The van der Waals surface area contributed by atoms with Crippen LogP contribution >= 0.6 is 11.6 Å². The summed E-state index contributed by atoms with van der Waals surface area (Å²) in [5, 5.41) is 3.50. The van der Waals surface area contributed by atoms with Crippen LogP contribution in [0.1, 0.15) is 51.3 Å². The highest BCUT2D eigenvalue weighted by Gasteiger charge is 2.25. The van der Waals surface area contributed by atoms with Crippen LogP contribution < -0.4 is 15.6 Å². The molecule has 4 aromatic rings. The van der Waals surface area contributed by atoms with E-state index in [0.717, 1.165) is 25.7 Å². The number of rotatable bonds is 10. The predicted octanol–water partition coefficient (Wildman–Crippen LogP) is 5.22. The number of nitrogens with zero attached hydrogens (tertiary/aromatic N) is 6. The summed E-state index contributed by atoms with van der Waals surface area (Å²) in [6.45, 7) is 5.57. The Kier molecular flexibility index (Phi) is 9.47. The van der Waals surface area contributed by atoms with Gasteiger partial charge in [-0.3, -0.25) is 14.1 Å². The van der Waals surface area contributed by atoms with Gasteiger partial charge in [0.05, 0.1) is 11.2 Å². The molecule has 1 fully saturated rings. The Morgan fingerprint density at radius 1 is 1.09 bits per heavy atom. The van der Waals surface area contributed by atoms with Crippen molar-refractivity contribution in [2.75, 3.05) is 30.3 Å². The monoisotopic (exact) mass is 642 g/mol. The maximum atomic E-state index is 13.8. The van der Waals surface area contributed by atoms with Gasteiger partial charge in [0.2, 0.25) is 5.95 Å². The average Bonchev–Trinajstić information content (AvgIpc) is 2.97. The molecule has 0 saturated heterocycles. The van der Waals surface area contributed by atoms with Crippen LogP contribution in [0.4, 0.5) is 16.2 Å². The van der Waals surface area contributed by atoms with Gasteiger partial charge in [-0.25, -0.2) is 27.8 Å². The molecule has 1 aromatic carbocycles. The van der Waals surface area contributed by atoms with Crippen LogP contribution in [0.25, 0.3) is 22.4 Å². The number of halogens is 2. The zero-order valence-corrected chi connectivity index (χ0v) is 26.7. The Labute approximate surface area is 261 Å². The molecule has 0 bridgehead atoms. The van der Waals surface area contributed by atoms with E-state index >= 15 is 0 Å². The summed E-state index contributed by atoms with van der Waals surface area (Å²) in [7, 11) is -2.02. The third kappa shape index (κ3) is 6.69. The first-order chi connectivity index (χ1) is 21.0. The Morgan fingerprint density at radius 2 is 1.82 bits per heavy atom. The zero-order chi connectivity index (χ0) is 31.6. The van der Waals surface area contributed by atoms with Crippen LogP contribution in [0.2, 0.25) is 5.02 Å². The Hall–Kier alpha value is -3.68. The normalized spacial score (nSPS) is 17.4. The molecule has 0 unspecified atom stereocenters. The maximum absolute atomic E-state index is 13.8. The minimum absolute atomic E-state index is 0.0658. The van der Waals surface area contributed by atoms with Crippen molar-refractivity contribution in [1.82, 2.24) is 29.4 Å². The number of anilines is 2. The third-order valence-electron chi connectivity index (χ3n) is 7.94. The molecule has 0 aliphatic heterocycles. The van der Waals surface area contributed by atoms with Gasteiger partial charge in [0.1, 0.15) is 28.6 Å². The number of hydrogen-bond acceptors (Lipinski definition) is 9. The summed E-state index contributed by atoms with van der Waals surface area (Å²) in [6, 6.07) is 9.53. The van der Waals surface area contributed by atoms with E-state index in [2.05, 4.69) is 29.9 Å². The van der Waals surface area contributed by atoms with Gasteiger partial charge in [-0.1, -0.05) is 23.7 Å². The van der Waals surface area contributed by atoms with Crippen molar-refractivity contribution in [1.29, 1.82) is 0 Å². The van der Waals surface area contributed by atoms with E-state index in [0.29, 0.717) is 41.0 Å². The van der Waals surface area contributed by atoms with Crippen LogP contribution in [0.15, 0.2) is 52.3 Å². The highest BCUT2D eigenvalue weighted by atomic mass is 35.5. The average molecular weight is 643 g/mol. The number of aromatic nitrogens is 5. The Morgan fingerprint density at radius 3 is 2.48 bits per heavy atom. The van der Waals surface area contributed by atoms with Crippen LogP contribution in [0, 0.1) is 6.92 Å². The topological polar surface area (TPSA) is 135 Å². The lowest BCUT2D eigenvalue weighted by Gasteiger charge is -2.34. The van der Waals surface area contributed by atoms with Crippen molar-refractivity contribution >= 4 is 44.6 Å². The van der Waals surface area contributed by atoms with Crippen molar-refractivity contribution in [3.05, 3.63) is 63.7 Å². The number of aryl methyl sites for hydroxylation is 1. The Balaban J connectivity index is 1.41. The summed E-state index contributed by atoms with van der Waals surface area (Å²) in [6.07, 6.45) is 5.33. The van der Waals surface area contributed by atoms with Crippen LogP contribution in [0.5, 0.6) is 0 Å². The van der Waals surface area contributed by atoms with Crippen molar-refractivity contribution in [2.45, 2.75) is 69.5 Å². The molecule has 44 heavy (non-hydrogen) atoms. The molecule has 1 aliphatic rings. The zero-order valence-electron chi connectivity index (χ0n) is 25.1. The van der Waals surface area contributed by atoms with Crippen LogP contribution in [-0.4, -0.2) is 70.2 Å². The van der Waals surface area contributed by atoms with Crippen molar-refractivity contribution < 1.29 is 12.8 Å². The van der Waals surface area contributed by atoms with Gasteiger partial charge in [0, 0.05) is 35.9 Å². The van der Waals surface area contributed by atoms with Gasteiger partial charge >= 0.3 is 0 Å². The molecule has 11 nitrogen and oxygen atoms in total. The first kappa shape index (κ1) is 31.7. The lowest BCUT2D eigenvalue weighted by Crippen LogP contribution is -2.39. The number of benzene rings is 1. The predicted molar refractivity (Wildman–Crippen MR) is 170 cm³/mol. The molecule has 3 aromatic heterocycles. The van der Waals surface area contributed by atoms with Crippen molar-refractivity contribution in [3.8, 4) is 11.3 Å². The maximum Gasteiger partial charge on any atom is 0.279 e. The number of nitrogens with one attached hydrogen (secondary N) is 2. The minimum Gasteiger partial charge on any atom is -0.351 e. The lowest BCUT2D eigenvalue weighted by molar-refractivity contribution is 0.174. The van der Waals surface area contributed by atoms with E-state index in [1.807, 2.05) is 20.9 Å². The van der Waals surface area contributed by atoms with E-state index in [1.54, 1.807) is 35.9 Å². The minimum atomic E-state index is -3.98. The van der Waals surface area contributed by atoms with Gasteiger partial charge < -0.3 is 10.2 Å². The molecule has 1 aliphatic carbocycles. The van der Waals surface area contributed by atoms with Gasteiger partial charge in [0.15, 0.2) is 5.65 Å². The highest BCUT2D eigenvalue weighted by Crippen LogP contribution is 2.27. The van der Waals surface area contributed by atoms with Crippen LogP contribution in [-0.2, 0) is 10.0 Å². The molecule has 3 heterocycles. The fraction of sp³-hybridized carbons (Fsp3) is 0.433. The lowest BCUT2D eigenvalue weighted by atomic mass is 9.90. The standard InChI is InChI=1S/C30H36ClFN8O3S/c1-18(2)40-28-24(17-33-30(37-28)35-20-9-11-21(12-10-20)39(4)16-15-32)36-27(29(40)41)22-13-14-26(34-19(22)3)38-44(42,43)25-8-6-5-7-23(25)31/h5-8,13-14,17-18,20-21H,9-12,15-16H2,1-4H3,(H,34,38)(H,33,35,37)/t20-,21-. The van der Waals surface area contributed by atoms with Gasteiger partial charge in [-0.05, 0) is 77.8 Å². The van der Waals surface area contributed by atoms with E-state index < -0.39 is 10.0 Å². The number of fused-ring (bicyclic) bond motifs is 1. The van der Waals surface area contributed by atoms with E-state index in [9.17, 15) is 17.6 Å². The molecular weight excluding hydrogens is 607 g/mol. The quantitative estimate of drug-likeness (QED) is 0.239. The second kappa shape index (κ2) is 13.1. The summed E-state index contributed by atoms with van der Waals surface area (Å²) >= 11 is 6.09. The summed E-state index contributed by atoms with van der Waals surface area (Å²) in [5.74, 6) is 0.507. The fourth-order valence-electron chi connectivity index (χ4n) is 5.61. The molecular formula is C30H36ClFN8O3S. The molecule has 5 rings (SSSR count). The first-order valence-electron chi connectivity index (χ1n) is 14.6. The van der Waals surface area contributed by atoms with E-state index in [-0.39, 0.29) is 45.7 Å². The van der Waals surface area contributed by atoms with Gasteiger partial charge in [-0.15, -0.1) is 0 Å². The summed E-state index contributed by atoms with van der Waals surface area (Å²) in [5.41, 5.74) is 1.55. The molecule has 14 heteroatoms. The second-order valence-corrected chi connectivity index (χ2v) is 13.4. The fourth-order valence-corrected chi connectivity index (χ4v) is 7.13. The SMILES string of the molecule is Cc1nc(NS(=O)(=O)c2ccccc2Cl)ccc1-c1nc2cnc(N[C@H]3CC[C@H](N(C)CCF)CC3)nc2n(C(C)C)c1=O. The van der Waals surface area contributed by atoms with Crippen molar-refractivity contribution in [2.24, 2.45) is 0 Å². The molecule has 0 radical (unpaired) electrons. The number of sulfonamides is 1. The smallest absolute Gasteiger partial charge is 0.279 e. The van der Waals surface area contributed by atoms with Gasteiger partial charge in [0.25, 0.3) is 15.6 Å². The molecule has 0 atom stereocenters. The molecule has 2 N–H and O–H groups in total. The van der Waals surface area contributed by atoms with E-state index in [4.69, 9.17) is 16.6 Å². The highest BCUT2D eigenvalue weighted by molar-refractivity contribution is 7.92. The van der Waals surface area contributed by atoms with Crippen molar-refractivity contribution in [3.63, 3.8) is 0 Å². The number of hydrogen-bond donors (Lipinski definition) is 2. The Bertz CT molecular complexity index is 1830. The number of pyridine rings is 1. The summed E-state index contributed by atoms with van der Waals surface area (Å²) < 4.78 is 42.6. The molecule has 234 valence electrons. The summed E-state index contributed by atoms with van der Waals surface area (Å²) in [4.78, 5) is 34.0. The number of alkyl halides is 1. The molecule has 1 saturated carbocycles. The third-order valence-corrected chi connectivity index (χ3v) is 9.80. The van der Waals surface area contributed by atoms with E-state index in [1.165, 1.54) is 18.2 Å². The first-order valence-corrected chi connectivity index (χ1v) is 16.4. The molecule has 0 spiro atoms. The van der Waals surface area contributed by atoms with Crippen LogP contribution in [0.3, 0.4) is 0 Å². The second-order valence-electron chi connectivity index (χ2n) is 11.3. The molecule has 0 amide bonds. The largest absolute Gasteiger partial charge is 0.351 e.